The number of hydrogen-bond donors (Lipinski definition) is 2. The summed E-state index contributed by atoms with van der Waals surface area (Å²) < 4.78 is 5.42. The first-order valence-corrected chi connectivity index (χ1v) is 10.7. The number of benzene rings is 2. The van der Waals surface area contributed by atoms with Gasteiger partial charge in [-0.15, -0.1) is 11.3 Å². The Morgan fingerprint density at radius 2 is 1.72 bits per heavy atom. The van der Waals surface area contributed by atoms with Crippen LogP contribution in [0.3, 0.4) is 0 Å². The van der Waals surface area contributed by atoms with E-state index in [1.165, 1.54) is 25.4 Å². The molecule has 1 aromatic heterocycles. The molecule has 0 saturated heterocycles. The van der Waals surface area contributed by atoms with Crippen LogP contribution in [0.2, 0.25) is 0 Å². The van der Waals surface area contributed by atoms with Crippen LogP contribution in [-0.2, 0) is 14.4 Å². The van der Waals surface area contributed by atoms with Crippen LogP contribution < -0.4 is 20.3 Å². The van der Waals surface area contributed by atoms with Gasteiger partial charge in [-0.2, -0.15) is 0 Å². The lowest BCUT2D eigenvalue weighted by Gasteiger charge is -2.19. The zero-order chi connectivity index (χ0) is 22.8. The minimum absolute atomic E-state index is 0.173. The fourth-order valence-corrected chi connectivity index (χ4v) is 4.24. The molecule has 0 aliphatic carbocycles. The second kappa shape index (κ2) is 8.68. The van der Waals surface area contributed by atoms with Crippen LogP contribution in [0, 0.1) is 6.92 Å². The van der Waals surface area contributed by atoms with Gasteiger partial charge < -0.3 is 15.4 Å². The molecule has 8 heteroatoms. The van der Waals surface area contributed by atoms with Crippen molar-refractivity contribution < 1.29 is 19.1 Å². The quantitative estimate of drug-likeness (QED) is 0.546. The topological polar surface area (TPSA) is 87.7 Å². The number of anilines is 3. The Balaban J connectivity index is 1.75. The molecule has 1 aliphatic heterocycles. The lowest BCUT2D eigenvalue weighted by molar-refractivity contribution is -0.120. The van der Waals surface area contributed by atoms with E-state index in [1.54, 1.807) is 36.4 Å². The number of amides is 3. The molecule has 0 fully saturated rings. The van der Waals surface area contributed by atoms with Crippen molar-refractivity contribution >= 4 is 51.7 Å². The predicted octanol–water partition coefficient (Wildman–Crippen LogP) is 4.42. The van der Waals surface area contributed by atoms with Crippen molar-refractivity contribution in [3.05, 3.63) is 76.1 Å². The van der Waals surface area contributed by atoms with Crippen molar-refractivity contribution in [2.75, 3.05) is 22.6 Å². The number of methoxy groups -OCH3 is 1. The molecule has 0 radical (unpaired) electrons. The van der Waals surface area contributed by atoms with E-state index in [0.717, 1.165) is 10.5 Å². The highest BCUT2D eigenvalue weighted by Gasteiger charge is 2.41. The van der Waals surface area contributed by atoms with Gasteiger partial charge in [0.1, 0.15) is 11.4 Å². The number of nitrogens with one attached hydrogen (secondary N) is 2. The fourth-order valence-electron chi connectivity index (χ4n) is 3.47. The smallest absolute Gasteiger partial charge is 0.282 e. The Labute approximate surface area is 189 Å². The molecule has 4 rings (SSSR count). The zero-order valence-electron chi connectivity index (χ0n) is 17.8. The first-order valence-electron chi connectivity index (χ1n) is 9.85. The van der Waals surface area contributed by atoms with Crippen molar-refractivity contribution in [3.63, 3.8) is 0 Å². The summed E-state index contributed by atoms with van der Waals surface area (Å²) in [5.74, 6) is -0.622. The standard InChI is InChI=1S/C24H21N3O4S/c1-14-6-11-19(31-3)18(13-14)27-23(29)21(20-5-4-12-32-20)22(24(27)30)26-17-9-7-16(8-10-17)25-15(2)28/h4-13,26H,1-3H3,(H,25,28). The van der Waals surface area contributed by atoms with Gasteiger partial charge in [0.25, 0.3) is 11.8 Å². The Morgan fingerprint density at radius 1 is 1.00 bits per heavy atom. The largest absolute Gasteiger partial charge is 0.495 e. The van der Waals surface area contributed by atoms with Gasteiger partial charge in [0.15, 0.2) is 0 Å². The van der Waals surface area contributed by atoms with Crippen molar-refractivity contribution in [2.45, 2.75) is 13.8 Å². The van der Waals surface area contributed by atoms with Gasteiger partial charge in [0, 0.05) is 23.2 Å². The van der Waals surface area contributed by atoms with E-state index >= 15 is 0 Å². The third-order valence-electron chi connectivity index (χ3n) is 4.90. The van der Waals surface area contributed by atoms with Crippen LogP contribution in [-0.4, -0.2) is 24.8 Å². The van der Waals surface area contributed by atoms with Gasteiger partial charge in [0.05, 0.1) is 18.4 Å². The number of aryl methyl sites for hydroxylation is 1. The van der Waals surface area contributed by atoms with Gasteiger partial charge >= 0.3 is 0 Å². The van der Waals surface area contributed by atoms with E-state index in [1.807, 2.05) is 30.5 Å². The molecule has 2 aromatic carbocycles. The molecule has 32 heavy (non-hydrogen) atoms. The maximum absolute atomic E-state index is 13.5. The summed E-state index contributed by atoms with van der Waals surface area (Å²) in [5, 5.41) is 7.67. The fraction of sp³-hybridized carbons (Fsp3) is 0.125. The molecule has 162 valence electrons. The molecule has 1 aliphatic rings. The summed E-state index contributed by atoms with van der Waals surface area (Å²) in [6, 6.07) is 15.9. The Bertz CT molecular complexity index is 1230. The highest BCUT2D eigenvalue weighted by atomic mass is 32.1. The molecule has 0 spiro atoms. The summed E-state index contributed by atoms with van der Waals surface area (Å²) in [6.45, 7) is 3.32. The molecule has 7 nitrogen and oxygen atoms in total. The van der Waals surface area contributed by atoms with Crippen molar-refractivity contribution in [2.24, 2.45) is 0 Å². The van der Waals surface area contributed by atoms with Gasteiger partial charge in [-0.1, -0.05) is 12.1 Å². The van der Waals surface area contributed by atoms with Crippen molar-refractivity contribution in [1.82, 2.24) is 0 Å². The second-order valence-corrected chi connectivity index (χ2v) is 8.18. The third-order valence-corrected chi connectivity index (χ3v) is 5.79. The van der Waals surface area contributed by atoms with Crippen LogP contribution in [0.4, 0.5) is 17.1 Å². The van der Waals surface area contributed by atoms with E-state index in [4.69, 9.17) is 4.74 Å². The Hall–Kier alpha value is -3.91. The maximum atomic E-state index is 13.5. The van der Waals surface area contributed by atoms with E-state index in [2.05, 4.69) is 10.6 Å². The third kappa shape index (κ3) is 4.00. The van der Waals surface area contributed by atoms with Crippen LogP contribution in [0.5, 0.6) is 5.75 Å². The SMILES string of the molecule is COc1ccc(C)cc1N1C(=O)C(Nc2ccc(NC(C)=O)cc2)=C(c2cccs2)C1=O. The van der Waals surface area contributed by atoms with E-state index in [9.17, 15) is 14.4 Å². The number of hydrogen-bond acceptors (Lipinski definition) is 6. The number of rotatable bonds is 6. The van der Waals surface area contributed by atoms with E-state index in [-0.39, 0.29) is 11.6 Å². The first-order chi connectivity index (χ1) is 15.4. The van der Waals surface area contributed by atoms with Crippen LogP contribution in [0.25, 0.3) is 5.57 Å². The summed E-state index contributed by atoms with van der Waals surface area (Å²) in [6.07, 6.45) is 0. The Morgan fingerprint density at radius 3 is 2.34 bits per heavy atom. The molecule has 2 N–H and O–H groups in total. The number of nitrogens with zero attached hydrogens (tertiary/aromatic N) is 1. The summed E-state index contributed by atoms with van der Waals surface area (Å²) >= 11 is 1.38. The molecule has 3 amide bonds. The second-order valence-electron chi connectivity index (χ2n) is 7.23. The Kier molecular flexibility index (Phi) is 5.79. The van der Waals surface area contributed by atoms with Gasteiger partial charge in [-0.25, -0.2) is 4.90 Å². The average molecular weight is 448 g/mol. The molecule has 0 atom stereocenters. The van der Waals surface area contributed by atoms with Crippen molar-refractivity contribution in [1.29, 1.82) is 0 Å². The van der Waals surface area contributed by atoms with Crippen LogP contribution in [0.1, 0.15) is 17.4 Å². The minimum Gasteiger partial charge on any atom is -0.495 e. The number of imide groups is 1. The summed E-state index contributed by atoms with van der Waals surface area (Å²) in [5.41, 5.74) is 3.04. The highest BCUT2D eigenvalue weighted by molar-refractivity contribution is 7.11. The van der Waals surface area contributed by atoms with Crippen LogP contribution in [0.15, 0.2) is 65.7 Å². The minimum atomic E-state index is -0.465. The molecular weight excluding hydrogens is 426 g/mol. The summed E-state index contributed by atoms with van der Waals surface area (Å²) in [7, 11) is 1.50. The van der Waals surface area contributed by atoms with Crippen LogP contribution >= 0.6 is 11.3 Å². The number of carbonyl (C=O) groups excluding carboxylic acids is 3. The molecule has 0 bridgehead atoms. The van der Waals surface area contributed by atoms with E-state index in [0.29, 0.717) is 33.3 Å². The molecule has 2 heterocycles. The lowest BCUT2D eigenvalue weighted by Crippen LogP contribution is -2.32. The summed E-state index contributed by atoms with van der Waals surface area (Å²) in [4.78, 5) is 40.1. The zero-order valence-corrected chi connectivity index (χ0v) is 18.6. The monoisotopic (exact) mass is 447 g/mol. The number of thiophene rings is 1. The van der Waals surface area contributed by atoms with Gasteiger partial charge in [-0.05, 0) is 60.3 Å². The lowest BCUT2D eigenvalue weighted by atomic mass is 10.1. The van der Waals surface area contributed by atoms with Gasteiger partial charge in [-0.3, -0.25) is 14.4 Å². The number of carbonyl (C=O) groups is 3. The molecule has 0 unspecified atom stereocenters. The molecule has 0 saturated carbocycles. The normalized spacial score (nSPS) is 13.5. The molecule has 3 aromatic rings. The highest BCUT2D eigenvalue weighted by Crippen LogP contribution is 2.39. The number of ether oxygens (including phenoxy) is 1. The maximum Gasteiger partial charge on any atom is 0.282 e. The van der Waals surface area contributed by atoms with Gasteiger partial charge in [0.2, 0.25) is 5.91 Å². The predicted molar refractivity (Wildman–Crippen MR) is 126 cm³/mol. The first kappa shape index (κ1) is 21.3. The van der Waals surface area contributed by atoms with Crippen molar-refractivity contribution in [3.8, 4) is 5.75 Å². The van der Waals surface area contributed by atoms with E-state index < -0.39 is 11.8 Å². The molecular formula is C24H21N3O4S. The average Bonchev–Trinajstić information content (AvgIpc) is 3.36.